The number of hydrogen-bond acceptors (Lipinski definition) is 3. The number of para-hydroxylation sites is 1. The Hall–Kier alpha value is -2.33. The number of likely N-dealkylation sites (N-methyl/N-ethyl adjacent to an activating group) is 1. The van der Waals surface area contributed by atoms with Gasteiger partial charge in [-0.2, -0.15) is 0 Å². The first-order chi connectivity index (χ1) is 11.6. The molecule has 0 aliphatic carbocycles. The molecule has 1 amide bonds. The average Bonchev–Trinajstić information content (AvgIpc) is 2.62. The number of carbonyl (C=O) groups excluding carboxylic acids is 1. The Morgan fingerprint density at radius 1 is 1.08 bits per heavy atom. The minimum Gasteiger partial charge on any atom is -0.457 e. The van der Waals surface area contributed by atoms with Crippen molar-refractivity contribution in [3.8, 4) is 11.5 Å². The largest absolute Gasteiger partial charge is 0.457 e. The highest BCUT2D eigenvalue weighted by Gasteiger charge is 2.08. The van der Waals surface area contributed by atoms with E-state index in [4.69, 9.17) is 4.74 Å². The quantitative estimate of drug-likeness (QED) is 0.799. The summed E-state index contributed by atoms with van der Waals surface area (Å²) >= 11 is 0. The van der Waals surface area contributed by atoms with E-state index in [-0.39, 0.29) is 5.91 Å². The van der Waals surface area contributed by atoms with Gasteiger partial charge in [-0.25, -0.2) is 0 Å². The fraction of sp³-hybridized carbons (Fsp3) is 0.350. The van der Waals surface area contributed by atoms with E-state index in [1.165, 1.54) is 0 Å². The number of nitrogens with one attached hydrogen (secondary N) is 1. The molecular weight excluding hydrogens is 300 g/mol. The van der Waals surface area contributed by atoms with E-state index in [2.05, 4.69) is 31.1 Å². The molecule has 128 valence electrons. The van der Waals surface area contributed by atoms with E-state index in [0.29, 0.717) is 23.9 Å². The molecule has 1 atom stereocenters. The third-order valence-corrected chi connectivity index (χ3v) is 4.19. The molecule has 0 aliphatic heterocycles. The van der Waals surface area contributed by atoms with Crippen molar-refractivity contribution in [1.82, 2.24) is 10.2 Å². The van der Waals surface area contributed by atoms with E-state index >= 15 is 0 Å². The minimum atomic E-state index is -0.0567. The van der Waals surface area contributed by atoms with Crippen LogP contribution in [-0.2, 0) is 0 Å². The van der Waals surface area contributed by atoms with Crippen molar-refractivity contribution >= 4 is 5.91 Å². The van der Waals surface area contributed by atoms with Gasteiger partial charge in [0.15, 0.2) is 0 Å². The Kier molecular flexibility index (Phi) is 6.82. The van der Waals surface area contributed by atoms with Crippen LogP contribution in [0.25, 0.3) is 0 Å². The first kappa shape index (κ1) is 18.0. The van der Waals surface area contributed by atoms with Crippen LogP contribution in [0, 0.1) is 0 Å². The zero-order chi connectivity index (χ0) is 17.4. The summed E-state index contributed by atoms with van der Waals surface area (Å²) in [6.07, 6.45) is 1.10. The summed E-state index contributed by atoms with van der Waals surface area (Å²) in [5.74, 6) is 1.44. The van der Waals surface area contributed by atoms with Crippen LogP contribution in [-0.4, -0.2) is 37.0 Å². The molecule has 0 radical (unpaired) electrons. The van der Waals surface area contributed by atoms with Crippen LogP contribution in [0.2, 0.25) is 0 Å². The van der Waals surface area contributed by atoms with Crippen LogP contribution < -0.4 is 10.1 Å². The molecule has 4 heteroatoms. The topological polar surface area (TPSA) is 41.6 Å². The van der Waals surface area contributed by atoms with Crippen molar-refractivity contribution in [2.75, 3.05) is 20.1 Å². The summed E-state index contributed by atoms with van der Waals surface area (Å²) in [7, 11) is 2.08. The summed E-state index contributed by atoms with van der Waals surface area (Å²) in [4.78, 5) is 14.4. The number of rotatable bonds is 8. The average molecular weight is 326 g/mol. The van der Waals surface area contributed by atoms with Crippen LogP contribution in [0.3, 0.4) is 0 Å². The second-order valence-corrected chi connectivity index (χ2v) is 5.93. The van der Waals surface area contributed by atoms with Gasteiger partial charge in [0, 0.05) is 24.7 Å². The number of benzene rings is 2. The highest BCUT2D eigenvalue weighted by Crippen LogP contribution is 2.21. The van der Waals surface area contributed by atoms with Gasteiger partial charge < -0.3 is 15.0 Å². The molecule has 0 heterocycles. The monoisotopic (exact) mass is 326 g/mol. The fourth-order valence-electron chi connectivity index (χ4n) is 2.28. The molecule has 2 rings (SSSR count). The predicted octanol–water partition coefficient (Wildman–Crippen LogP) is 3.94. The number of amides is 1. The normalized spacial score (nSPS) is 12.0. The van der Waals surface area contributed by atoms with E-state index in [0.717, 1.165) is 18.7 Å². The van der Waals surface area contributed by atoms with E-state index in [9.17, 15) is 4.79 Å². The fourth-order valence-corrected chi connectivity index (χ4v) is 2.28. The molecule has 0 saturated heterocycles. The molecule has 1 unspecified atom stereocenters. The van der Waals surface area contributed by atoms with Gasteiger partial charge in [-0.1, -0.05) is 25.1 Å². The summed E-state index contributed by atoms with van der Waals surface area (Å²) < 4.78 is 5.73. The van der Waals surface area contributed by atoms with Crippen molar-refractivity contribution in [2.45, 2.75) is 26.3 Å². The molecular formula is C20H26N2O2. The maximum absolute atomic E-state index is 12.2. The number of nitrogens with zero attached hydrogens (tertiary/aromatic N) is 1. The Balaban J connectivity index is 1.83. The van der Waals surface area contributed by atoms with Gasteiger partial charge in [0.05, 0.1) is 0 Å². The van der Waals surface area contributed by atoms with Gasteiger partial charge in [0.1, 0.15) is 11.5 Å². The maximum atomic E-state index is 12.2. The van der Waals surface area contributed by atoms with Gasteiger partial charge >= 0.3 is 0 Å². The molecule has 0 aliphatic rings. The predicted molar refractivity (Wildman–Crippen MR) is 97.7 cm³/mol. The third kappa shape index (κ3) is 5.39. The summed E-state index contributed by atoms with van der Waals surface area (Å²) in [5.41, 5.74) is 0.640. The van der Waals surface area contributed by atoms with Gasteiger partial charge in [0.2, 0.25) is 0 Å². The molecule has 0 spiro atoms. The summed E-state index contributed by atoms with van der Waals surface area (Å²) in [5, 5.41) is 2.96. The van der Waals surface area contributed by atoms with Crippen molar-refractivity contribution in [2.24, 2.45) is 0 Å². The van der Waals surface area contributed by atoms with Crippen LogP contribution in [0.15, 0.2) is 54.6 Å². The Labute approximate surface area is 144 Å². The maximum Gasteiger partial charge on any atom is 0.251 e. The highest BCUT2D eigenvalue weighted by atomic mass is 16.5. The van der Waals surface area contributed by atoms with Crippen LogP contribution in [0.1, 0.15) is 30.6 Å². The molecule has 4 nitrogen and oxygen atoms in total. The zero-order valence-electron chi connectivity index (χ0n) is 14.7. The number of hydrogen-bond donors (Lipinski definition) is 1. The van der Waals surface area contributed by atoms with Crippen LogP contribution in [0.4, 0.5) is 0 Å². The summed E-state index contributed by atoms with van der Waals surface area (Å²) in [6, 6.07) is 17.3. The standard InChI is InChI=1S/C20H26N2O2/c1-4-16(2)22(3)15-14-21-20(23)17-10-12-19(13-11-17)24-18-8-6-5-7-9-18/h5-13,16H,4,14-15H2,1-3H3,(H,21,23). The van der Waals surface area contributed by atoms with E-state index in [1.54, 1.807) is 12.1 Å². The molecule has 0 fully saturated rings. The lowest BCUT2D eigenvalue weighted by molar-refractivity contribution is 0.0947. The molecule has 0 saturated carbocycles. The molecule has 1 N–H and O–H groups in total. The van der Waals surface area contributed by atoms with Crippen LogP contribution in [0.5, 0.6) is 11.5 Å². The molecule has 0 aromatic heterocycles. The van der Waals surface area contributed by atoms with Crippen molar-refractivity contribution in [1.29, 1.82) is 0 Å². The first-order valence-electron chi connectivity index (χ1n) is 8.41. The lowest BCUT2D eigenvalue weighted by Gasteiger charge is -2.23. The molecule has 0 bridgehead atoms. The van der Waals surface area contributed by atoms with E-state index in [1.807, 2.05) is 42.5 Å². The SMILES string of the molecule is CCC(C)N(C)CCNC(=O)c1ccc(Oc2ccccc2)cc1. The molecule has 2 aromatic rings. The zero-order valence-corrected chi connectivity index (χ0v) is 14.7. The Morgan fingerprint density at radius 2 is 1.71 bits per heavy atom. The van der Waals surface area contributed by atoms with Crippen molar-refractivity contribution in [3.05, 3.63) is 60.2 Å². The van der Waals surface area contributed by atoms with Gasteiger partial charge in [-0.15, -0.1) is 0 Å². The third-order valence-electron chi connectivity index (χ3n) is 4.19. The minimum absolute atomic E-state index is 0.0567. The van der Waals surface area contributed by atoms with Gasteiger partial charge in [-0.05, 0) is 56.8 Å². The molecule has 24 heavy (non-hydrogen) atoms. The van der Waals surface area contributed by atoms with Crippen molar-refractivity contribution < 1.29 is 9.53 Å². The molecule has 2 aromatic carbocycles. The Morgan fingerprint density at radius 3 is 2.33 bits per heavy atom. The second-order valence-electron chi connectivity index (χ2n) is 5.93. The van der Waals surface area contributed by atoms with Gasteiger partial charge in [0.25, 0.3) is 5.91 Å². The number of carbonyl (C=O) groups is 1. The second kappa shape index (κ2) is 9.08. The Bertz CT molecular complexity index is 626. The lowest BCUT2D eigenvalue weighted by atomic mass is 10.2. The van der Waals surface area contributed by atoms with Crippen LogP contribution >= 0.6 is 0 Å². The number of ether oxygens (including phenoxy) is 1. The highest BCUT2D eigenvalue weighted by molar-refractivity contribution is 5.94. The van der Waals surface area contributed by atoms with E-state index < -0.39 is 0 Å². The lowest BCUT2D eigenvalue weighted by Crippen LogP contribution is -2.37. The smallest absolute Gasteiger partial charge is 0.251 e. The van der Waals surface area contributed by atoms with Crippen molar-refractivity contribution in [3.63, 3.8) is 0 Å². The summed E-state index contributed by atoms with van der Waals surface area (Å²) in [6.45, 7) is 5.84. The van der Waals surface area contributed by atoms with Gasteiger partial charge in [-0.3, -0.25) is 4.79 Å². The first-order valence-corrected chi connectivity index (χ1v) is 8.41.